The van der Waals surface area contributed by atoms with Crippen LogP contribution in [0.15, 0.2) is 6.33 Å². The number of aliphatic hydroxyl groups is 1. The van der Waals surface area contributed by atoms with E-state index in [9.17, 15) is 5.11 Å². The summed E-state index contributed by atoms with van der Waals surface area (Å²) in [7, 11) is 0. The predicted octanol–water partition coefficient (Wildman–Crippen LogP) is 0.00690. The van der Waals surface area contributed by atoms with Crippen LogP contribution in [0.2, 0.25) is 0 Å². The second kappa shape index (κ2) is 6.09. The number of aromatic nitrogens is 3. The first-order valence-electron chi connectivity index (χ1n) is 6.05. The molecule has 1 aliphatic rings. The van der Waals surface area contributed by atoms with Gasteiger partial charge in [0.25, 0.3) is 0 Å². The molecule has 2 unspecified atom stereocenters. The molecule has 2 atom stereocenters. The van der Waals surface area contributed by atoms with E-state index in [1.807, 2.05) is 4.68 Å². The maximum absolute atomic E-state index is 10.1. The van der Waals surface area contributed by atoms with Crippen LogP contribution in [0.25, 0.3) is 0 Å². The van der Waals surface area contributed by atoms with Gasteiger partial charge in [-0.2, -0.15) is 5.10 Å². The van der Waals surface area contributed by atoms with Gasteiger partial charge in [-0.05, 0) is 6.42 Å². The van der Waals surface area contributed by atoms with E-state index in [-0.39, 0.29) is 6.10 Å². The molecule has 0 saturated carbocycles. The van der Waals surface area contributed by atoms with Crippen LogP contribution in [0.3, 0.4) is 0 Å². The van der Waals surface area contributed by atoms with Crippen LogP contribution in [0, 0.1) is 0 Å². The van der Waals surface area contributed by atoms with E-state index in [1.165, 1.54) is 6.33 Å². The second-order valence-corrected chi connectivity index (χ2v) is 4.16. The zero-order chi connectivity index (χ0) is 12.1. The Balaban J connectivity index is 1.92. The maximum Gasteiger partial charge on any atom is 0.138 e. The van der Waals surface area contributed by atoms with Crippen LogP contribution >= 0.6 is 0 Å². The van der Waals surface area contributed by atoms with Crippen molar-refractivity contribution in [3.63, 3.8) is 0 Å². The number of aliphatic hydroxyl groups excluding tert-OH is 1. The molecule has 1 fully saturated rings. The first kappa shape index (κ1) is 12.5. The fraction of sp³-hybridized carbons (Fsp3) is 0.818. The third-order valence-electron chi connectivity index (χ3n) is 2.79. The quantitative estimate of drug-likeness (QED) is 0.786. The van der Waals surface area contributed by atoms with E-state index >= 15 is 0 Å². The Kier molecular flexibility index (Phi) is 4.47. The van der Waals surface area contributed by atoms with Gasteiger partial charge in [-0.25, -0.2) is 4.98 Å². The fourth-order valence-electron chi connectivity index (χ4n) is 1.89. The van der Waals surface area contributed by atoms with Crippen LogP contribution in [-0.2, 0) is 22.4 Å². The first-order valence-corrected chi connectivity index (χ1v) is 6.05. The van der Waals surface area contributed by atoms with E-state index in [0.717, 1.165) is 18.8 Å². The Morgan fingerprint density at radius 1 is 1.59 bits per heavy atom. The molecule has 0 radical (unpaired) electrons. The highest BCUT2D eigenvalue weighted by Crippen LogP contribution is 2.10. The lowest BCUT2D eigenvalue weighted by molar-refractivity contribution is -0.132. The van der Waals surface area contributed by atoms with Crippen molar-refractivity contribution in [2.75, 3.05) is 19.8 Å². The fourth-order valence-corrected chi connectivity index (χ4v) is 1.89. The molecule has 6 heteroatoms. The van der Waals surface area contributed by atoms with Crippen molar-refractivity contribution in [3.8, 4) is 0 Å². The zero-order valence-electron chi connectivity index (χ0n) is 10.1. The Bertz CT molecular complexity index is 336. The van der Waals surface area contributed by atoms with Crippen molar-refractivity contribution in [1.29, 1.82) is 0 Å². The normalized spacial score (nSPS) is 22.6. The van der Waals surface area contributed by atoms with Gasteiger partial charge in [-0.1, -0.05) is 6.92 Å². The van der Waals surface area contributed by atoms with E-state index < -0.39 is 6.10 Å². The van der Waals surface area contributed by atoms with Gasteiger partial charge < -0.3 is 14.6 Å². The molecule has 1 aliphatic heterocycles. The van der Waals surface area contributed by atoms with Crippen LogP contribution in [-0.4, -0.2) is 51.9 Å². The van der Waals surface area contributed by atoms with Crippen LogP contribution in [0.4, 0.5) is 0 Å². The summed E-state index contributed by atoms with van der Waals surface area (Å²) in [4.78, 5) is 4.17. The lowest BCUT2D eigenvalue weighted by Crippen LogP contribution is -2.40. The molecule has 1 N–H and O–H groups in total. The maximum atomic E-state index is 10.1. The van der Waals surface area contributed by atoms with Crippen LogP contribution in [0.1, 0.15) is 19.2 Å². The lowest BCUT2D eigenvalue weighted by Gasteiger charge is -2.26. The number of ether oxygens (including phenoxy) is 2. The topological polar surface area (TPSA) is 69.4 Å². The third-order valence-corrected chi connectivity index (χ3v) is 2.79. The number of hydrogen-bond acceptors (Lipinski definition) is 5. The van der Waals surface area contributed by atoms with E-state index in [4.69, 9.17) is 9.47 Å². The van der Waals surface area contributed by atoms with Gasteiger partial charge in [0.2, 0.25) is 0 Å². The summed E-state index contributed by atoms with van der Waals surface area (Å²) in [5.74, 6) is 0.800. The van der Waals surface area contributed by atoms with Crippen molar-refractivity contribution < 1.29 is 14.6 Å². The molecule has 0 aromatic carbocycles. The second-order valence-electron chi connectivity index (χ2n) is 4.16. The summed E-state index contributed by atoms with van der Waals surface area (Å²) >= 11 is 0. The zero-order valence-corrected chi connectivity index (χ0v) is 10.1. The Labute approximate surface area is 101 Å². The van der Waals surface area contributed by atoms with E-state index in [2.05, 4.69) is 17.0 Å². The summed E-state index contributed by atoms with van der Waals surface area (Å²) in [5, 5.41) is 14.2. The first-order chi connectivity index (χ1) is 8.31. The molecule has 6 nitrogen and oxygen atoms in total. The molecule has 1 saturated heterocycles. The molecule has 1 aromatic rings. The lowest BCUT2D eigenvalue weighted by atomic mass is 10.1. The smallest absolute Gasteiger partial charge is 0.138 e. The van der Waals surface area contributed by atoms with Gasteiger partial charge >= 0.3 is 0 Å². The highest BCUT2D eigenvalue weighted by molar-refractivity contribution is 4.90. The molecule has 17 heavy (non-hydrogen) atoms. The molecule has 2 heterocycles. The van der Waals surface area contributed by atoms with Gasteiger partial charge in [-0.3, -0.25) is 4.68 Å². The summed E-state index contributed by atoms with van der Waals surface area (Å²) in [6.45, 7) is 4.51. The van der Waals surface area contributed by atoms with Gasteiger partial charge in [-0.15, -0.1) is 0 Å². The van der Waals surface area contributed by atoms with Crippen molar-refractivity contribution in [3.05, 3.63) is 12.2 Å². The van der Waals surface area contributed by atoms with E-state index in [1.54, 1.807) is 0 Å². The summed E-state index contributed by atoms with van der Waals surface area (Å²) in [6, 6.07) is 0. The highest BCUT2D eigenvalue weighted by atomic mass is 16.6. The minimum atomic E-state index is -0.588. The summed E-state index contributed by atoms with van der Waals surface area (Å²) in [5.41, 5.74) is 0. The standard InChI is InChI=1S/C11H19N3O3/c1-2-3-14-11(12-8-13-14)6-9(15)10-7-16-4-5-17-10/h8-10,15H,2-7H2,1H3. The molecule has 2 rings (SSSR count). The summed E-state index contributed by atoms with van der Waals surface area (Å²) < 4.78 is 12.6. The Morgan fingerprint density at radius 2 is 2.47 bits per heavy atom. The van der Waals surface area contributed by atoms with Gasteiger partial charge in [0.15, 0.2) is 0 Å². The molecule has 0 spiro atoms. The number of rotatable bonds is 5. The van der Waals surface area contributed by atoms with Crippen LogP contribution in [0.5, 0.6) is 0 Å². The minimum absolute atomic E-state index is 0.254. The SMILES string of the molecule is CCCn1ncnc1CC(O)C1COCCO1. The Hall–Kier alpha value is -0.980. The molecule has 1 aromatic heterocycles. The molecular weight excluding hydrogens is 222 g/mol. The predicted molar refractivity (Wildman–Crippen MR) is 60.6 cm³/mol. The van der Waals surface area contributed by atoms with Crippen molar-refractivity contribution in [2.45, 2.75) is 38.5 Å². The van der Waals surface area contributed by atoms with E-state index in [0.29, 0.717) is 26.2 Å². The minimum Gasteiger partial charge on any atom is -0.390 e. The molecule has 0 bridgehead atoms. The highest BCUT2D eigenvalue weighted by Gasteiger charge is 2.24. The number of nitrogens with zero attached hydrogens (tertiary/aromatic N) is 3. The average molecular weight is 241 g/mol. The molecule has 0 amide bonds. The third kappa shape index (κ3) is 3.24. The molecular formula is C11H19N3O3. The summed E-state index contributed by atoms with van der Waals surface area (Å²) in [6.07, 6.45) is 2.13. The Morgan fingerprint density at radius 3 is 3.18 bits per heavy atom. The van der Waals surface area contributed by atoms with Gasteiger partial charge in [0.1, 0.15) is 18.3 Å². The van der Waals surface area contributed by atoms with Crippen molar-refractivity contribution >= 4 is 0 Å². The van der Waals surface area contributed by atoms with Crippen molar-refractivity contribution in [1.82, 2.24) is 14.8 Å². The number of hydrogen-bond donors (Lipinski definition) is 1. The monoisotopic (exact) mass is 241 g/mol. The molecule has 0 aliphatic carbocycles. The van der Waals surface area contributed by atoms with Crippen LogP contribution < -0.4 is 0 Å². The van der Waals surface area contributed by atoms with Crippen molar-refractivity contribution in [2.24, 2.45) is 0 Å². The average Bonchev–Trinajstić information content (AvgIpc) is 2.78. The molecule has 96 valence electrons. The van der Waals surface area contributed by atoms with Gasteiger partial charge in [0, 0.05) is 13.0 Å². The van der Waals surface area contributed by atoms with Gasteiger partial charge in [0.05, 0.1) is 25.9 Å². The largest absolute Gasteiger partial charge is 0.390 e. The number of aryl methyl sites for hydroxylation is 1.